The molecule has 33 heavy (non-hydrogen) atoms. The van der Waals surface area contributed by atoms with Crippen molar-refractivity contribution < 1.29 is 19.1 Å². The van der Waals surface area contributed by atoms with Crippen molar-refractivity contribution in [1.82, 2.24) is 15.1 Å². The van der Waals surface area contributed by atoms with Crippen molar-refractivity contribution in [3.8, 4) is 5.75 Å². The number of nitrogens with one attached hydrogen (secondary N) is 1. The standard InChI is InChI=1S/C24H27ClN4O4/c1-33-20-8-6-19(7-9-20)27-12-14-28(15-13-27)22(30)16-21-23(31)26-10-11-29(21)24(32)17-2-4-18(25)5-3-17/h2-9,21H,10-16H2,1H3,(H,26,31)/t21-/m1/s1. The van der Waals surface area contributed by atoms with Gasteiger partial charge in [0.25, 0.3) is 5.91 Å². The fraction of sp³-hybridized carbons (Fsp3) is 0.375. The predicted octanol–water partition coefficient (Wildman–Crippen LogP) is 2.03. The molecular formula is C24H27ClN4O4. The molecule has 0 aromatic heterocycles. The first kappa shape index (κ1) is 22.9. The van der Waals surface area contributed by atoms with E-state index >= 15 is 0 Å². The van der Waals surface area contributed by atoms with Crippen LogP contribution >= 0.6 is 11.6 Å². The number of halogens is 1. The molecule has 0 spiro atoms. The quantitative estimate of drug-likeness (QED) is 0.723. The number of carbonyl (C=O) groups excluding carboxylic acids is 3. The smallest absolute Gasteiger partial charge is 0.254 e. The number of hydrogen-bond donors (Lipinski definition) is 1. The van der Waals surface area contributed by atoms with Crippen molar-refractivity contribution in [2.75, 3.05) is 51.3 Å². The van der Waals surface area contributed by atoms with Gasteiger partial charge in [-0.25, -0.2) is 0 Å². The second kappa shape index (κ2) is 10.1. The molecule has 0 aliphatic carbocycles. The van der Waals surface area contributed by atoms with Crippen LogP contribution in [0.2, 0.25) is 5.02 Å². The number of amides is 3. The highest BCUT2D eigenvalue weighted by atomic mass is 35.5. The van der Waals surface area contributed by atoms with Gasteiger partial charge >= 0.3 is 0 Å². The first-order chi connectivity index (χ1) is 16.0. The van der Waals surface area contributed by atoms with Gasteiger partial charge in [-0.2, -0.15) is 0 Å². The van der Waals surface area contributed by atoms with Gasteiger partial charge in [-0.1, -0.05) is 11.6 Å². The maximum atomic E-state index is 13.0. The number of carbonyl (C=O) groups is 3. The Kier molecular flexibility index (Phi) is 7.03. The lowest BCUT2D eigenvalue weighted by Gasteiger charge is -2.39. The maximum Gasteiger partial charge on any atom is 0.254 e. The van der Waals surface area contributed by atoms with Gasteiger partial charge in [-0.3, -0.25) is 14.4 Å². The maximum absolute atomic E-state index is 13.0. The normalized spacial score (nSPS) is 18.7. The Bertz CT molecular complexity index is 1000. The molecule has 8 nitrogen and oxygen atoms in total. The van der Waals surface area contributed by atoms with E-state index in [1.54, 1.807) is 36.3 Å². The monoisotopic (exact) mass is 470 g/mol. The molecule has 2 saturated heterocycles. The largest absolute Gasteiger partial charge is 0.497 e. The van der Waals surface area contributed by atoms with Crippen molar-refractivity contribution in [2.24, 2.45) is 0 Å². The summed E-state index contributed by atoms with van der Waals surface area (Å²) in [6, 6.07) is 13.6. The molecule has 2 heterocycles. The number of methoxy groups -OCH3 is 1. The summed E-state index contributed by atoms with van der Waals surface area (Å²) >= 11 is 5.92. The Morgan fingerprint density at radius 2 is 1.67 bits per heavy atom. The Morgan fingerprint density at radius 1 is 1.00 bits per heavy atom. The van der Waals surface area contributed by atoms with Crippen molar-refractivity contribution in [3.05, 3.63) is 59.1 Å². The highest BCUT2D eigenvalue weighted by Gasteiger charge is 2.36. The first-order valence-corrected chi connectivity index (χ1v) is 11.3. The molecule has 1 atom stereocenters. The number of piperazine rings is 2. The summed E-state index contributed by atoms with van der Waals surface area (Å²) in [4.78, 5) is 44.1. The van der Waals surface area contributed by atoms with E-state index in [0.717, 1.165) is 11.4 Å². The van der Waals surface area contributed by atoms with E-state index < -0.39 is 6.04 Å². The third-order valence-corrected chi connectivity index (χ3v) is 6.37. The molecule has 4 rings (SSSR count). The minimum absolute atomic E-state index is 0.0340. The SMILES string of the molecule is COc1ccc(N2CCN(C(=O)C[C@@H]3C(=O)NCCN3C(=O)c3ccc(Cl)cc3)CC2)cc1. The van der Waals surface area contributed by atoms with Gasteiger partial charge in [0.1, 0.15) is 11.8 Å². The summed E-state index contributed by atoms with van der Waals surface area (Å²) in [5.74, 6) is 0.105. The average Bonchev–Trinajstić information content (AvgIpc) is 2.85. The predicted molar refractivity (Wildman–Crippen MR) is 126 cm³/mol. The molecule has 2 aromatic carbocycles. The number of anilines is 1. The Morgan fingerprint density at radius 3 is 2.30 bits per heavy atom. The minimum atomic E-state index is -0.825. The van der Waals surface area contributed by atoms with Crippen molar-refractivity contribution in [2.45, 2.75) is 12.5 Å². The summed E-state index contributed by atoms with van der Waals surface area (Å²) in [6.45, 7) is 3.24. The van der Waals surface area contributed by atoms with Gasteiger partial charge in [0.2, 0.25) is 11.8 Å². The summed E-state index contributed by atoms with van der Waals surface area (Å²) in [6.07, 6.45) is -0.0340. The van der Waals surface area contributed by atoms with Crippen molar-refractivity contribution in [3.63, 3.8) is 0 Å². The lowest BCUT2D eigenvalue weighted by Crippen LogP contribution is -2.59. The van der Waals surface area contributed by atoms with E-state index in [1.165, 1.54) is 4.90 Å². The van der Waals surface area contributed by atoms with Crippen LogP contribution in [0, 0.1) is 0 Å². The minimum Gasteiger partial charge on any atom is -0.497 e. The summed E-state index contributed by atoms with van der Waals surface area (Å²) in [5.41, 5.74) is 1.52. The van der Waals surface area contributed by atoms with Crippen LogP contribution in [0.4, 0.5) is 5.69 Å². The van der Waals surface area contributed by atoms with Crippen LogP contribution in [0.15, 0.2) is 48.5 Å². The van der Waals surface area contributed by atoms with Gasteiger partial charge in [0.15, 0.2) is 0 Å². The van der Waals surface area contributed by atoms with Gasteiger partial charge in [-0.15, -0.1) is 0 Å². The third-order valence-electron chi connectivity index (χ3n) is 6.12. The molecule has 0 radical (unpaired) electrons. The van der Waals surface area contributed by atoms with Crippen molar-refractivity contribution in [1.29, 1.82) is 0 Å². The zero-order valence-corrected chi connectivity index (χ0v) is 19.3. The van der Waals surface area contributed by atoms with Crippen LogP contribution in [0.5, 0.6) is 5.75 Å². The fourth-order valence-electron chi connectivity index (χ4n) is 4.22. The summed E-state index contributed by atoms with van der Waals surface area (Å²) < 4.78 is 5.21. The second-order valence-corrected chi connectivity index (χ2v) is 8.52. The Balaban J connectivity index is 1.38. The molecule has 0 saturated carbocycles. The second-order valence-electron chi connectivity index (χ2n) is 8.08. The Hall–Kier alpha value is -3.26. The van der Waals surface area contributed by atoms with Gasteiger partial charge < -0.3 is 24.8 Å². The van der Waals surface area contributed by atoms with Crippen LogP contribution in [0.3, 0.4) is 0 Å². The average molecular weight is 471 g/mol. The molecular weight excluding hydrogens is 444 g/mol. The number of nitrogens with zero attached hydrogens (tertiary/aromatic N) is 3. The highest BCUT2D eigenvalue weighted by molar-refractivity contribution is 6.30. The fourth-order valence-corrected chi connectivity index (χ4v) is 4.35. The molecule has 0 bridgehead atoms. The van der Waals surface area contributed by atoms with E-state index in [2.05, 4.69) is 10.2 Å². The summed E-state index contributed by atoms with van der Waals surface area (Å²) in [5, 5.41) is 3.31. The zero-order chi connectivity index (χ0) is 23.4. The van der Waals surface area contributed by atoms with E-state index in [1.807, 2.05) is 24.3 Å². The zero-order valence-electron chi connectivity index (χ0n) is 18.5. The molecule has 9 heteroatoms. The topological polar surface area (TPSA) is 82.2 Å². The molecule has 2 aromatic rings. The summed E-state index contributed by atoms with van der Waals surface area (Å²) in [7, 11) is 1.64. The third kappa shape index (κ3) is 5.22. The molecule has 3 amide bonds. The molecule has 2 aliphatic heterocycles. The number of ether oxygens (including phenoxy) is 1. The van der Waals surface area contributed by atoms with Crippen LogP contribution < -0.4 is 15.0 Å². The first-order valence-electron chi connectivity index (χ1n) is 11.0. The van der Waals surface area contributed by atoms with Gasteiger partial charge in [-0.05, 0) is 48.5 Å². The van der Waals surface area contributed by atoms with Crippen LogP contribution in [-0.4, -0.2) is 79.9 Å². The lowest BCUT2D eigenvalue weighted by atomic mass is 10.1. The molecule has 2 aliphatic rings. The van der Waals surface area contributed by atoms with Gasteiger partial charge in [0.05, 0.1) is 13.5 Å². The van der Waals surface area contributed by atoms with E-state index in [0.29, 0.717) is 49.9 Å². The molecule has 2 fully saturated rings. The van der Waals surface area contributed by atoms with E-state index in [9.17, 15) is 14.4 Å². The van der Waals surface area contributed by atoms with Crippen LogP contribution in [-0.2, 0) is 9.59 Å². The highest BCUT2D eigenvalue weighted by Crippen LogP contribution is 2.22. The number of rotatable bonds is 5. The van der Waals surface area contributed by atoms with Gasteiger partial charge in [0, 0.05) is 55.5 Å². The molecule has 174 valence electrons. The van der Waals surface area contributed by atoms with Crippen LogP contribution in [0.25, 0.3) is 0 Å². The number of hydrogen-bond acceptors (Lipinski definition) is 5. The number of benzene rings is 2. The van der Waals surface area contributed by atoms with E-state index in [4.69, 9.17) is 16.3 Å². The van der Waals surface area contributed by atoms with E-state index in [-0.39, 0.29) is 24.1 Å². The van der Waals surface area contributed by atoms with Crippen molar-refractivity contribution >= 4 is 35.0 Å². The van der Waals surface area contributed by atoms with Crippen LogP contribution in [0.1, 0.15) is 16.8 Å². The Labute approximate surface area is 198 Å². The molecule has 0 unspecified atom stereocenters. The lowest BCUT2D eigenvalue weighted by molar-refractivity contribution is -0.138. The molecule has 1 N–H and O–H groups in total.